The maximum Gasteiger partial charge on any atom is 0.306 e. The summed E-state index contributed by atoms with van der Waals surface area (Å²) in [6, 6.07) is 0. The molecule has 30 heavy (non-hydrogen) atoms. The van der Waals surface area contributed by atoms with Gasteiger partial charge in [-0.2, -0.15) is 0 Å². The molecule has 0 radical (unpaired) electrons. The van der Waals surface area contributed by atoms with Crippen LogP contribution in [-0.2, 0) is 23.9 Å². The zero-order valence-electron chi connectivity index (χ0n) is 19.2. The number of unbranched alkanes of at least 4 members (excludes halogenated alkanes) is 5. The van der Waals surface area contributed by atoms with Crippen LogP contribution in [0.4, 0.5) is 0 Å². The molecule has 0 amide bonds. The minimum Gasteiger partial charge on any atom is -0.481 e. The average molecular weight is 427 g/mol. The topological polar surface area (TPSA) is 89.9 Å². The van der Waals surface area contributed by atoms with E-state index >= 15 is 0 Å². The van der Waals surface area contributed by atoms with E-state index in [1.54, 1.807) is 0 Å². The van der Waals surface area contributed by atoms with Crippen molar-refractivity contribution in [1.29, 1.82) is 0 Å². The third-order valence-electron chi connectivity index (χ3n) is 5.31. The fourth-order valence-corrected chi connectivity index (χ4v) is 3.28. The molecule has 0 saturated heterocycles. The molecule has 0 aliphatic carbocycles. The molecule has 0 heterocycles. The number of aliphatic carboxylic acids is 1. The number of allylic oxidation sites excluding steroid dienone is 2. The number of carboxylic acid groups (broad SMARTS) is 1. The van der Waals surface area contributed by atoms with Gasteiger partial charge in [-0.15, -0.1) is 0 Å². The Bertz CT molecular complexity index is 500. The molecular formula is C24H42O6. The van der Waals surface area contributed by atoms with Gasteiger partial charge in [0.2, 0.25) is 0 Å². The van der Waals surface area contributed by atoms with E-state index in [1.165, 1.54) is 7.11 Å². The number of rotatable bonds is 19. The van der Waals surface area contributed by atoms with E-state index in [1.807, 2.05) is 6.08 Å². The van der Waals surface area contributed by atoms with Crippen molar-refractivity contribution in [3.05, 3.63) is 12.2 Å². The predicted octanol–water partition coefficient (Wildman–Crippen LogP) is 5.69. The minimum absolute atomic E-state index is 0.0278. The van der Waals surface area contributed by atoms with E-state index in [-0.39, 0.29) is 30.7 Å². The molecule has 0 fully saturated rings. The third-order valence-corrected chi connectivity index (χ3v) is 5.31. The van der Waals surface area contributed by atoms with E-state index in [0.29, 0.717) is 25.4 Å². The van der Waals surface area contributed by atoms with Crippen LogP contribution in [0, 0.1) is 11.8 Å². The zero-order valence-corrected chi connectivity index (χ0v) is 19.2. The lowest BCUT2D eigenvalue weighted by molar-refractivity contribution is -0.147. The van der Waals surface area contributed by atoms with Crippen LogP contribution in [0.5, 0.6) is 0 Å². The normalized spacial score (nSPS) is 13.2. The number of ether oxygens (including phenoxy) is 2. The van der Waals surface area contributed by atoms with Crippen LogP contribution in [-0.4, -0.2) is 36.7 Å². The molecule has 174 valence electrons. The number of hydrogen-bond acceptors (Lipinski definition) is 5. The second kappa shape index (κ2) is 19.1. The van der Waals surface area contributed by atoms with Crippen molar-refractivity contribution in [1.82, 2.24) is 0 Å². The van der Waals surface area contributed by atoms with Gasteiger partial charge in [0.25, 0.3) is 0 Å². The summed E-state index contributed by atoms with van der Waals surface area (Å²) >= 11 is 0. The first-order valence-electron chi connectivity index (χ1n) is 11.5. The molecule has 0 aliphatic heterocycles. The summed E-state index contributed by atoms with van der Waals surface area (Å²) in [5, 5.41) is 9.12. The van der Waals surface area contributed by atoms with Crippen molar-refractivity contribution >= 4 is 17.9 Å². The third kappa shape index (κ3) is 17.0. The molecule has 0 rings (SSSR count). The number of esters is 2. The van der Waals surface area contributed by atoms with Crippen LogP contribution in [0.3, 0.4) is 0 Å². The number of carbonyl (C=O) groups excluding carboxylic acids is 2. The fourth-order valence-electron chi connectivity index (χ4n) is 3.28. The SMILES string of the molecule is CCCCC(CC)COC(=O)CC(C/C=C/CCCCCCC(=O)OC)CC(=O)O. The molecule has 0 aromatic carbocycles. The van der Waals surface area contributed by atoms with Crippen LogP contribution in [0.2, 0.25) is 0 Å². The van der Waals surface area contributed by atoms with Crippen molar-refractivity contribution in [2.24, 2.45) is 11.8 Å². The lowest BCUT2D eigenvalue weighted by Crippen LogP contribution is -2.18. The highest BCUT2D eigenvalue weighted by Crippen LogP contribution is 2.18. The Morgan fingerprint density at radius 1 is 0.900 bits per heavy atom. The number of methoxy groups -OCH3 is 1. The maximum atomic E-state index is 12.2. The summed E-state index contributed by atoms with van der Waals surface area (Å²) in [6.45, 7) is 4.68. The van der Waals surface area contributed by atoms with Crippen LogP contribution >= 0.6 is 0 Å². The smallest absolute Gasteiger partial charge is 0.306 e. The van der Waals surface area contributed by atoms with Gasteiger partial charge in [0.1, 0.15) is 0 Å². The van der Waals surface area contributed by atoms with Crippen LogP contribution in [0.15, 0.2) is 12.2 Å². The van der Waals surface area contributed by atoms with Crippen molar-refractivity contribution in [3.8, 4) is 0 Å². The van der Waals surface area contributed by atoms with Gasteiger partial charge in [0.05, 0.1) is 13.7 Å². The van der Waals surface area contributed by atoms with Gasteiger partial charge >= 0.3 is 17.9 Å². The summed E-state index contributed by atoms with van der Waals surface area (Å²) in [5.74, 6) is -1.19. The molecular weight excluding hydrogens is 384 g/mol. The van der Waals surface area contributed by atoms with Crippen molar-refractivity contribution in [2.75, 3.05) is 13.7 Å². The van der Waals surface area contributed by atoms with Gasteiger partial charge < -0.3 is 14.6 Å². The highest BCUT2D eigenvalue weighted by molar-refractivity contribution is 5.72. The summed E-state index contributed by atoms with van der Waals surface area (Å²) in [6.07, 6.45) is 14.3. The molecule has 2 unspecified atom stereocenters. The Hall–Kier alpha value is -1.85. The largest absolute Gasteiger partial charge is 0.481 e. The molecule has 1 N–H and O–H groups in total. The van der Waals surface area contributed by atoms with E-state index < -0.39 is 5.97 Å². The van der Waals surface area contributed by atoms with Crippen molar-refractivity contribution in [3.63, 3.8) is 0 Å². The van der Waals surface area contributed by atoms with Gasteiger partial charge in [-0.25, -0.2) is 0 Å². The zero-order chi connectivity index (χ0) is 22.6. The highest BCUT2D eigenvalue weighted by atomic mass is 16.5. The minimum atomic E-state index is -0.888. The first kappa shape index (κ1) is 28.1. The van der Waals surface area contributed by atoms with E-state index in [0.717, 1.165) is 57.8 Å². The first-order chi connectivity index (χ1) is 14.4. The molecule has 0 aromatic heterocycles. The number of carbonyl (C=O) groups is 3. The second-order valence-electron chi connectivity index (χ2n) is 8.00. The maximum absolute atomic E-state index is 12.2. The summed E-state index contributed by atoms with van der Waals surface area (Å²) in [4.78, 5) is 34.3. The lowest BCUT2D eigenvalue weighted by Gasteiger charge is -2.16. The van der Waals surface area contributed by atoms with Gasteiger partial charge in [-0.1, -0.05) is 58.1 Å². The molecule has 2 atom stereocenters. The van der Waals surface area contributed by atoms with Gasteiger partial charge in [-0.3, -0.25) is 14.4 Å². The molecule has 0 bridgehead atoms. The number of carboxylic acids is 1. The van der Waals surface area contributed by atoms with Crippen LogP contribution in [0.25, 0.3) is 0 Å². The molecule has 0 saturated carbocycles. The highest BCUT2D eigenvalue weighted by Gasteiger charge is 2.18. The van der Waals surface area contributed by atoms with Gasteiger partial charge in [0.15, 0.2) is 0 Å². The lowest BCUT2D eigenvalue weighted by atomic mass is 9.97. The summed E-state index contributed by atoms with van der Waals surface area (Å²) in [5.41, 5.74) is 0. The molecule has 0 spiro atoms. The molecule has 6 heteroatoms. The Balaban J connectivity index is 4.14. The van der Waals surface area contributed by atoms with Crippen molar-refractivity contribution < 1.29 is 29.0 Å². The Labute approximate surface area is 182 Å². The van der Waals surface area contributed by atoms with Crippen LogP contribution < -0.4 is 0 Å². The molecule has 6 nitrogen and oxygen atoms in total. The standard InChI is InChI=1S/C24H42O6/c1-4-6-14-20(5-2)19-30-24(28)18-21(17-22(25)26)15-12-10-8-7-9-11-13-16-23(27)29-3/h10,12,20-21H,4-9,11,13-19H2,1-3H3,(H,25,26)/b12-10+. The summed E-state index contributed by atoms with van der Waals surface area (Å²) in [7, 11) is 1.40. The predicted molar refractivity (Wildman–Crippen MR) is 118 cm³/mol. The second-order valence-corrected chi connectivity index (χ2v) is 8.00. The Morgan fingerprint density at radius 2 is 1.63 bits per heavy atom. The number of hydrogen-bond donors (Lipinski definition) is 1. The fraction of sp³-hybridized carbons (Fsp3) is 0.792. The van der Waals surface area contributed by atoms with Crippen LogP contribution in [0.1, 0.15) is 97.3 Å². The Morgan fingerprint density at radius 3 is 2.27 bits per heavy atom. The quantitative estimate of drug-likeness (QED) is 0.162. The van der Waals surface area contributed by atoms with E-state index in [2.05, 4.69) is 24.7 Å². The first-order valence-corrected chi connectivity index (χ1v) is 11.5. The molecule has 0 aliphatic rings. The van der Waals surface area contributed by atoms with E-state index in [9.17, 15) is 14.4 Å². The molecule has 0 aromatic rings. The van der Waals surface area contributed by atoms with Gasteiger partial charge in [-0.05, 0) is 43.9 Å². The van der Waals surface area contributed by atoms with E-state index in [4.69, 9.17) is 9.84 Å². The monoisotopic (exact) mass is 426 g/mol. The van der Waals surface area contributed by atoms with Gasteiger partial charge in [0, 0.05) is 19.3 Å². The van der Waals surface area contributed by atoms with Crippen molar-refractivity contribution in [2.45, 2.75) is 97.3 Å². The summed E-state index contributed by atoms with van der Waals surface area (Å²) < 4.78 is 10.0. The Kier molecular flexibility index (Phi) is 18.0. The average Bonchev–Trinajstić information content (AvgIpc) is 2.71.